The number of fused-ring (bicyclic) bond motifs is 1. The van der Waals surface area contributed by atoms with E-state index in [0.717, 1.165) is 61.5 Å². The second-order valence-corrected chi connectivity index (χ2v) is 10.0. The maximum atomic E-state index is 14.9. The molecule has 0 aliphatic carbocycles. The highest BCUT2D eigenvalue weighted by Crippen LogP contribution is 2.30. The van der Waals surface area contributed by atoms with Crippen LogP contribution >= 0.6 is 0 Å². The molecule has 0 radical (unpaired) electrons. The number of aromatic nitrogens is 2. The molecule has 0 spiro atoms. The Morgan fingerprint density at radius 3 is 2.31 bits per heavy atom. The highest BCUT2D eigenvalue weighted by atomic mass is 19.2. The van der Waals surface area contributed by atoms with Gasteiger partial charge in [-0.1, -0.05) is 76.6 Å². The molecule has 4 aromatic rings. The lowest BCUT2D eigenvalue weighted by Crippen LogP contribution is -2.13. The first-order chi connectivity index (χ1) is 19.0. The van der Waals surface area contributed by atoms with Gasteiger partial charge in [0, 0.05) is 23.3 Å². The summed E-state index contributed by atoms with van der Waals surface area (Å²) in [6.07, 6.45) is 13.7. The number of rotatable bonds is 13. The van der Waals surface area contributed by atoms with E-state index >= 15 is 0 Å². The summed E-state index contributed by atoms with van der Waals surface area (Å²) in [5, 5.41) is 1.49. The molecule has 0 aliphatic rings. The molecule has 0 aliphatic heterocycles. The zero-order valence-electron chi connectivity index (χ0n) is 22.8. The van der Waals surface area contributed by atoms with Crippen LogP contribution in [0.2, 0.25) is 0 Å². The lowest BCUT2D eigenvalue weighted by Gasteiger charge is -2.11. The standard InChI is InChI=1S/C33H36F2N2O2/c1-3-5-7-8-9-10-13-24-16-19-28(31(35)30(24)34)33(38)39-29-15-11-14-25-20-26(17-18-27(25)29)32-36-21-23(22-37-32)12-6-4-2/h11,14-22H,3-10,12-13H2,1-2H3. The quantitative estimate of drug-likeness (QED) is 0.0983. The van der Waals surface area contributed by atoms with E-state index in [2.05, 4.69) is 23.8 Å². The average molecular weight is 531 g/mol. The fraction of sp³-hybridized carbons (Fsp3) is 0.364. The number of esters is 1. The van der Waals surface area contributed by atoms with Gasteiger partial charge in [-0.05, 0) is 66.5 Å². The van der Waals surface area contributed by atoms with Crippen LogP contribution in [-0.4, -0.2) is 15.9 Å². The molecular formula is C33H36F2N2O2. The third kappa shape index (κ3) is 7.25. The Balaban J connectivity index is 1.46. The largest absolute Gasteiger partial charge is 0.422 e. The molecule has 204 valence electrons. The van der Waals surface area contributed by atoms with Gasteiger partial charge in [-0.2, -0.15) is 0 Å². The highest BCUT2D eigenvalue weighted by molar-refractivity contribution is 5.96. The normalized spacial score (nSPS) is 11.2. The third-order valence-corrected chi connectivity index (χ3v) is 7.01. The van der Waals surface area contributed by atoms with Crippen LogP contribution in [-0.2, 0) is 12.8 Å². The molecule has 0 fully saturated rings. The van der Waals surface area contributed by atoms with E-state index in [4.69, 9.17) is 4.74 Å². The van der Waals surface area contributed by atoms with Gasteiger partial charge >= 0.3 is 5.97 Å². The van der Waals surface area contributed by atoms with Crippen molar-refractivity contribution in [3.8, 4) is 17.1 Å². The van der Waals surface area contributed by atoms with Gasteiger partial charge in [0.2, 0.25) is 0 Å². The second-order valence-electron chi connectivity index (χ2n) is 10.0. The van der Waals surface area contributed by atoms with E-state index in [9.17, 15) is 13.6 Å². The van der Waals surface area contributed by atoms with Crippen molar-refractivity contribution in [2.75, 3.05) is 0 Å². The molecule has 0 amide bonds. The molecule has 0 saturated carbocycles. The molecule has 0 bridgehead atoms. The Morgan fingerprint density at radius 2 is 1.54 bits per heavy atom. The molecule has 0 atom stereocenters. The smallest absolute Gasteiger partial charge is 0.346 e. The number of hydrogen-bond donors (Lipinski definition) is 0. The van der Waals surface area contributed by atoms with Gasteiger partial charge < -0.3 is 4.74 Å². The fourth-order valence-electron chi connectivity index (χ4n) is 4.69. The minimum Gasteiger partial charge on any atom is -0.422 e. The van der Waals surface area contributed by atoms with E-state index in [1.807, 2.05) is 36.7 Å². The van der Waals surface area contributed by atoms with Crippen molar-refractivity contribution in [3.05, 3.63) is 89.2 Å². The number of carbonyl (C=O) groups excluding carboxylic acids is 1. The van der Waals surface area contributed by atoms with Crippen LogP contribution in [0, 0.1) is 11.6 Å². The van der Waals surface area contributed by atoms with E-state index < -0.39 is 23.2 Å². The summed E-state index contributed by atoms with van der Waals surface area (Å²) in [6, 6.07) is 13.7. The van der Waals surface area contributed by atoms with Gasteiger partial charge in [0.05, 0.1) is 5.56 Å². The molecule has 4 nitrogen and oxygen atoms in total. The maximum Gasteiger partial charge on any atom is 0.346 e. The molecule has 0 N–H and O–H groups in total. The zero-order valence-corrected chi connectivity index (χ0v) is 22.8. The highest BCUT2D eigenvalue weighted by Gasteiger charge is 2.21. The van der Waals surface area contributed by atoms with Gasteiger partial charge in [0.1, 0.15) is 5.75 Å². The van der Waals surface area contributed by atoms with Gasteiger partial charge in [-0.25, -0.2) is 23.5 Å². The Hall–Kier alpha value is -3.67. The van der Waals surface area contributed by atoms with Crippen LogP contribution in [0.15, 0.2) is 60.9 Å². The number of unbranched alkanes of at least 4 members (excludes halogenated alkanes) is 6. The average Bonchev–Trinajstić information content (AvgIpc) is 2.96. The van der Waals surface area contributed by atoms with Crippen LogP contribution in [0.1, 0.15) is 86.7 Å². The number of halogens is 2. The Kier molecular flexibility index (Phi) is 10.1. The van der Waals surface area contributed by atoms with Crippen LogP contribution in [0.5, 0.6) is 5.75 Å². The van der Waals surface area contributed by atoms with Crippen molar-refractivity contribution in [1.82, 2.24) is 9.97 Å². The minimum atomic E-state index is -1.16. The molecular weight excluding hydrogens is 494 g/mol. The Bertz CT molecular complexity index is 1400. The molecule has 1 heterocycles. The number of carbonyl (C=O) groups is 1. The molecule has 4 rings (SSSR count). The lowest BCUT2D eigenvalue weighted by molar-refractivity contribution is 0.0731. The Morgan fingerprint density at radius 1 is 0.795 bits per heavy atom. The number of hydrogen-bond acceptors (Lipinski definition) is 4. The van der Waals surface area contributed by atoms with Crippen molar-refractivity contribution < 1.29 is 18.3 Å². The molecule has 0 saturated heterocycles. The SMILES string of the molecule is CCCCCCCCc1ccc(C(=O)Oc2cccc3cc(-c4ncc(CCCC)cn4)ccc23)c(F)c1F. The van der Waals surface area contributed by atoms with Crippen molar-refractivity contribution >= 4 is 16.7 Å². The van der Waals surface area contributed by atoms with Crippen LogP contribution < -0.4 is 4.74 Å². The summed E-state index contributed by atoms with van der Waals surface area (Å²) in [7, 11) is 0. The molecule has 3 aromatic carbocycles. The van der Waals surface area contributed by atoms with Crippen LogP contribution in [0.3, 0.4) is 0 Å². The summed E-state index contributed by atoms with van der Waals surface area (Å²) in [6.45, 7) is 4.31. The van der Waals surface area contributed by atoms with Gasteiger partial charge in [-0.3, -0.25) is 0 Å². The lowest BCUT2D eigenvalue weighted by atomic mass is 10.0. The van der Waals surface area contributed by atoms with E-state index in [0.29, 0.717) is 17.6 Å². The van der Waals surface area contributed by atoms with Crippen LogP contribution in [0.25, 0.3) is 22.2 Å². The summed E-state index contributed by atoms with van der Waals surface area (Å²) in [5.74, 6) is -2.18. The molecule has 1 aromatic heterocycles. The molecule has 39 heavy (non-hydrogen) atoms. The van der Waals surface area contributed by atoms with Gasteiger partial charge in [0.25, 0.3) is 0 Å². The third-order valence-electron chi connectivity index (χ3n) is 7.01. The number of ether oxygens (including phenoxy) is 1. The fourth-order valence-corrected chi connectivity index (χ4v) is 4.69. The van der Waals surface area contributed by atoms with Crippen molar-refractivity contribution in [3.63, 3.8) is 0 Å². The van der Waals surface area contributed by atoms with Crippen molar-refractivity contribution in [1.29, 1.82) is 0 Å². The second kappa shape index (κ2) is 13.9. The summed E-state index contributed by atoms with van der Waals surface area (Å²) in [4.78, 5) is 21.9. The first-order valence-corrected chi connectivity index (χ1v) is 14.0. The minimum absolute atomic E-state index is 0.274. The molecule has 6 heteroatoms. The topological polar surface area (TPSA) is 52.1 Å². The number of nitrogens with zero attached hydrogens (tertiary/aromatic N) is 2. The number of benzene rings is 3. The predicted molar refractivity (Wildman–Crippen MR) is 152 cm³/mol. The monoisotopic (exact) mass is 530 g/mol. The van der Waals surface area contributed by atoms with E-state index in [1.165, 1.54) is 25.0 Å². The summed E-state index contributed by atoms with van der Waals surface area (Å²) < 4.78 is 35.1. The summed E-state index contributed by atoms with van der Waals surface area (Å²) in [5.41, 5.74) is 1.82. The predicted octanol–water partition coefficient (Wildman–Crippen LogP) is 9.04. The van der Waals surface area contributed by atoms with E-state index in [1.54, 1.807) is 12.1 Å². The first kappa shape index (κ1) is 28.3. The van der Waals surface area contributed by atoms with Gasteiger partial charge in [-0.15, -0.1) is 0 Å². The maximum absolute atomic E-state index is 14.9. The van der Waals surface area contributed by atoms with E-state index in [-0.39, 0.29) is 11.3 Å². The zero-order chi connectivity index (χ0) is 27.6. The number of aryl methyl sites for hydroxylation is 2. The van der Waals surface area contributed by atoms with Crippen molar-refractivity contribution in [2.24, 2.45) is 0 Å². The first-order valence-electron chi connectivity index (χ1n) is 14.0. The van der Waals surface area contributed by atoms with Crippen molar-refractivity contribution in [2.45, 2.75) is 78.1 Å². The van der Waals surface area contributed by atoms with Crippen LogP contribution in [0.4, 0.5) is 8.78 Å². The molecule has 0 unspecified atom stereocenters. The summed E-state index contributed by atoms with van der Waals surface area (Å²) >= 11 is 0. The van der Waals surface area contributed by atoms with Gasteiger partial charge in [0.15, 0.2) is 17.5 Å². The Labute approximate surface area is 229 Å².